The number of methoxy groups -OCH3 is 1. The molecule has 0 aliphatic heterocycles. The molecule has 0 spiro atoms. The Hall–Kier alpha value is -3.44. The fraction of sp³-hybridized carbons (Fsp3) is 0.0833. The predicted octanol–water partition coefficient (Wildman–Crippen LogP) is 6.05. The largest absolute Gasteiger partial charge is 0.497 e. The van der Waals surface area contributed by atoms with Crippen LogP contribution in [-0.4, -0.2) is 18.0 Å². The van der Waals surface area contributed by atoms with Crippen molar-refractivity contribution in [1.82, 2.24) is 4.98 Å². The van der Waals surface area contributed by atoms with Gasteiger partial charge in [0.2, 0.25) is 0 Å². The van der Waals surface area contributed by atoms with Gasteiger partial charge in [-0.1, -0.05) is 48.5 Å². The van der Waals surface area contributed by atoms with Crippen molar-refractivity contribution >= 4 is 22.4 Å². The number of benzene rings is 3. The van der Waals surface area contributed by atoms with Gasteiger partial charge in [-0.15, -0.1) is 11.3 Å². The number of nitrogens with one attached hydrogen (secondary N) is 1. The third kappa shape index (κ3) is 4.05. The average Bonchev–Trinajstić information content (AvgIpc) is 3.14. The van der Waals surface area contributed by atoms with E-state index in [4.69, 9.17) is 4.74 Å². The van der Waals surface area contributed by atoms with Crippen molar-refractivity contribution in [2.24, 2.45) is 0 Å². The summed E-state index contributed by atoms with van der Waals surface area (Å²) in [6, 6.07) is 25.3. The molecule has 0 aliphatic carbocycles. The molecule has 0 radical (unpaired) electrons. The van der Waals surface area contributed by atoms with Gasteiger partial charge in [0.1, 0.15) is 5.75 Å². The lowest BCUT2D eigenvalue weighted by Crippen LogP contribution is -2.12. The first kappa shape index (κ1) is 18.9. The van der Waals surface area contributed by atoms with E-state index in [1.165, 1.54) is 11.3 Å². The van der Waals surface area contributed by atoms with Crippen LogP contribution in [-0.2, 0) is 0 Å². The molecule has 0 bridgehead atoms. The molecule has 0 fully saturated rings. The zero-order valence-electron chi connectivity index (χ0n) is 16.2. The first-order valence-corrected chi connectivity index (χ1v) is 10.0. The fourth-order valence-corrected chi connectivity index (χ4v) is 4.01. The summed E-state index contributed by atoms with van der Waals surface area (Å²) in [7, 11) is 1.64. The molecule has 1 N–H and O–H groups in total. The zero-order chi connectivity index (χ0) is 20.2. The smallest absolute Gasteiger partial charge is 0.258 e. The van der Waals surface area contributed by atoms with E-state index in [9.17, 15) is 4.79 Å². The normalized spacial score (nSPS) is 10.6. The quantitative estimate of drug-likeness (QED) is 0.444. The molecule has 0 saturated heterocycles. The van der Waals surface area contributed by atoms with Crippen molar-refractivity contribution in [3.05, 3.63) is 89.3 Å². The number of aryl methyl sites for hydroxylation is 1. The Morgan fingerprint density at radius 1 is 0.897 bits per heavy atom. The van der Waals surface area contributed by atoms with Crippen LogP contribution in [0.5, 0.6) is 5.75 Å². The Balaban J connectivity index is 1.60. The van der Waals surface area contributed by atoms with Gasteiger partial charge in [-0.3, -0.25) is 10.1 Å². The summed E-state index contributed by atoms with van der Waals surface area (Å²) in [5.74, 6) is 0.632. The first-order chi connectivity index (χ1) is 14.2. The maximum absolute atomic E-state index is 13.0. The van der Waals surface area contributed by atoms with Crippen molar-refractivity contribution in [3.63, 3.8) is 0 Å². The molecule has 0 aliphatic rings. The minimum absolute atomic E-state index is 0.167. The van der Waals surface area contributed by atoms with Gasteiger partial charge < -0.3 is 4.74 Å². The van der Waals surface area contributed by atoms with E-state index in [1.54, 1.807) is 7.11 Å². The molecular formula is C24H20N2O2S. The third-order valence-corrected chi connectivity index (χ3v) is 5.52. The minimum Gasteiger partial charge on any atom is -0.497 e. The van der Waals surface area contributed by atoms with E-state index in [-0.39, 0.29) is 5.91 Å². The number of anilines is 1. The number of aromatic nitrogens is 1. The lowest BCUT2D eigenvalue weighted by Gasteiger charge is -2.09. The van der Waals surface area contributed by atoms with Gasteiger partial charge in [-0.25, -0.2) is 4.98 Å². The van der Waals surface area contributed by atoms with Crippen LogP contribution in [0.3, 0.4) is 0 Å². The number of ether oxygens (including phenoxy) is 1. The van der Waals surface area contributed by atoms with Crippen LogP contribution in [0.25, 0.3) is 22.4 Å². The van der Waals surface area contributed by atoms with E-state index in [2.05, 4.69) is 10.3 Å². The molecule has 1 amide bonds. The van der Waals surface area contributed by atoms with Crippen LogP contribution >= 0.6 is 11.3 Å². The second-order valence-electron chi connectivity index (χ2n) is 6.52. The van der Waals surface area contributed by atoms with E-state index < -0.39 is 0 Å². The molecule has 3 aromatic carbocycles. The predicted molar refractivity (Wildman–Crippen MR) is 119 cm³/mol. The average molecular weight is 401 g/mol. The summed E-state index contributed by atoms with van der Waals surface area (Å²) in [6.07, 6.45) is 0. The molecule has 0 unspecified atom stereocenters. The van der Waals surface area contributed by atoms with Crippen molar-refractivity contribution in [3.8, 4) is 28.1 Å². The molecular weight excluding hydrogens is 380 g/mol. The van der Waals surface area contributed by atoms with Crippen LogP contribution in [0.15, 0.2) is 78.9 Å². The van der Waals surface area contributed by atoms with Crippen LogP contribution in [0.1, 0.15) is 15.2 Å². The Bertz CT molecular complexity index is 1140. The van der Waals surface area contributed by atoms with Crippen molar-refractivity contribution in [2.45, 2.75) is 6.92 Å². The van der Waals surface area contributed by atoms with Gasteiger partial charge in [-0.05, 0) is 48.4 Å². The number of carbonyl (C=O) groups is 1. The van der Waals surface area contributed by atoms with E-state index >= 15 is 0 Å². The van der Waals surface area contributed by atoms with Crippen molar-refractivity contribution < 1.29 is 9.53 Å². The molecule has 1 heterocycles. The Kier molecular flexibility index (Phi) is 5.40. The highest BCUT2D eigenvalue weighted by Crippen LogP contribution is 2.32. The fourth-order valence-electron chi connectivity index (χ4n) is 3.18. The van der Waals surface area contributed by atoms with Crippen LogP contribution in [0.2, 0.25) is 0 Å². The lowest BCUT2D eigenvalue weighted by atomic mass is 9.99. The van der Waals surface area contributed by atoms with Crippen molar-refractivity contribution in [2.75, 3.05) is 12.4 Å². The summed E-state index contributed by atoms with van der Waals surface area (Å²) in [6.45, 7) is 2.00. The van der Waals surface area contributed by atoms with E-state index in [0.29, 0.717) is 10.7 Å². The summed E-state index contributed by atoms with van der Waals surface area (Å²) < 4.78 is 5.21. The molecule has 5 heteroatoms. The number of amides is 1. The van der Waals surface area contributed by atoms with Gasteiger partial charge in [0.15, 0.2) is 5.13 Å². The number of nitrogens with zero attached hydrogens (tertiary/aromatic N) is 1. The molecule has 1 aromatic heterocycles. The topological polar surface area (TPSA) is 51.2 Å². The Morgan fingerprint density at radius 2 is 1.59 bits per heavy atom. The SMILES string of the molecule is COc1ccc(-c2nc(NC(=O)c3ccccc3-c3ccccc3)sc2C)cc1. The van der Waals surface area contributed by atoms with Gasteiger partial charge in [0, 0.05) is 16.0 Å². The third-order valence-electron chi connectivity index (χ3n) is 4.64. The van der Waals surface area contributed by atoms with Gasteiger partial charge in [0.05, 0.1) is 12.8 Å². The maximum atomic E-state index is 13.0. The number of hydrogen-bond donors (Lipinski definition) is 1. The van der Waals surface area contributed by atoms with Crippen molar-refractivity contribution in [1.29, 1.82) is 0 Å². The molecule has 4 nitrogen and oxygen atoms in total. The molecule has 29 heavy (non-hydrogen) atoms. The molecule has 0 atom stereocenters. The number of hydrogen-bond acceptors (Lipinski definition) is 4. The first-order valence-electron chi connectivity index (χ1n) is 9.23. The summed E-state index contributed by atoms with van der Waals surface area (Å²) in [5, 5.41) is 3.55. The standard InChI is InChI=1S/C24H20N2O2S/c1-16-22(18-12-14-19(28-2)15-13-18)25-24(29-16)26-23(27)21-11-7-6-10-20(21)17-8-4-3-5-9-17/h3-15H,1-2H3,(H,25,26,27). The monoisotopic (exact) mass is 400 g/mol. The van der Waals surface area contributed by atoms with Gasteiger partial charge >= 0.3 is 0 Å². The molecule has 144 valence electrons. The van der Waals surface area contributed by atoms with Crippen LogP contribution < -0.4 is 10.1 Å². The number of thiazole rings is 1. The molecule has 0 saturated carbocycles. The van der Waals surface area contributed by atoms with Gasteiger partial charge in [-0.2, -0.15) is 0 Å². The highest BCUT2D eigenvalue weighted by Gasteiger charge is 2.16. The lowest BCUT2D eigenvalue weighted by molar-refractivity contribution is 0.102. The highest BCUT2D eigenvalue weighted by atomic mass is 32.1. The summed E-state index contributed by atoms with van der Waals surface area (Å²) >= 11 is 1.47. The highest BCUT2D eigenvalue weighted by molar-refractivity contribution is 7.16. The second kappa shape index (κ2) is 8.29. The Morgan fingerprint density at radius 3 is 2.31 bits per heavy atom. The zero-order valence-corrected chi connectivity index (χ0v) is 17.0. The minimum atomic E-state index is -0.167. The van der Waals surface area contributed by atoms with E-state index in [1.807, 2.05) is 85.8 Å². The van der Waals surface area contributed by atoms with E-state index in [0.717, 1.165) is 33.0 Å². The summed E-state index contributed by atoms with van der Waals surface area (Å²) in [4.78, 5) is 18.7. The van der Waals surface area contributed by atoms with Crippen LogP contribution in [0, 0.1) is 6.92 Å². The van der Waals surface area contributed by atoms with Gasteiger partial charge in [0.25, 0.3) is 5.91 Å². The number of carbonyl (C=O) groups excluding carboxylic acids is 1. The maximum Gasteiger partial charge on any atom is 0.258 e. The second-order valence-corrected chi connectivity index (χ2v) is 7.72. The summed E-state index contributed by atoms with van der Waals surface area (Å²) in [5.41, 5.74) is 4.38. The number of rotatable bonds is 5. The van der Waals surface area contributed by atoms with Crippen LogP contribution in [0.4, 0.5) is 5.13 Å². The molecule has 4 aromatic rings. The Labute approximate surface area is 173 Å². The molecule has 4 rings (SSSR count).